The molecule has 2 atom stereocenters. The molecule has 7 heteroatoms. The summed E-state index contributed by atoms with van der Waals surface area (Å²) in [4.78, 5) is 17.7. The minimum absolute atomic E-state index is 0.130. The molecule has 2 aromatic carbocycles. The van der Waals surface area contributed by atoms with Crippen LogP contribution in [0.15, 0.2) is 53.4 Å². The van der Waals surface area contributed by atoms with E-state index in [0.717, 1.165) is 50.0 Å². The number of anilines is 1. The lowest BCUT2D eigenvalue weighted by atomic mass is 9.96. The fraction of sp³-hybridized carbons (Fsp3) is 0.480. The van der Waals surface area contributed by atoms with Crippen LogP contribution in [0.3, 0.4) is 0 Å². The Morgan fingerprint density at radius 3 is 2.62 bits per heavy atom. The Bertz CT molecular complexity index is 1050. The Hall–Kier alpha value is -2.22. The SMILES string of the molecule is Cc1ccc(S(=O)(=O)NCC2CCCN(CC(=O)N3c4ccccc4CCC3C)C2)cc1. The molecule has 4 rings (SSSR count). The summed E-state index contributed by atoms with van der Waals surface area (Å²) >= 11 is 0. The maximum atomic E-state index is 13.2. The van der Waals surface area contributed by atoms with Crippen LogP contribution in [0.1, 0.15) is 37.3 Å². The van der Waals surface area contributed by atoms with Gasteiger partial charge >= 0.3 is 0 Å². The van der Waals surface area contributed by atoms with Gasteiger partial charge in [-0.2, -0.15) is 0 Å². The number of amides is 1. The summed E-state index contributed by atoms with van der Waals surface area (Å²) in [5, 5.41) is 0. The first kappa shape index (κ1) is 23.0. The molecule has 1 N–H and O–H groups in total. The summed E-state index contributed by atoms with van der Waals surface area (Å²) in [6.07, 6.45) is 3.92. The molecule has 2 aliphatic heterocycles. The Labute approximate surface area is 191 Å². The minimum Gasteiger partial charge on any atom is -0.308 e. The molecular weight excluding hydrogens is 422 g/mol. The number of piperidine rings is 1. The maximum Gasteiger partial charge on any atom is 0.241 e. The fourth-order valence-corrected chi connectivity index (χ4v) is 5.94. The molecule has 1 amide bonds. The lowest BCUT2D eigenvalue weighted by Gasteiger charge is -2.38. The summed E-state index contributed by atoms with van der Waals surface area (Å²) < 4.78 is 28.0. The van der Waals surface area contributed by atoms with Crippen LogP contribution < -0.4 is 9.62 Å². The number of fused-ring (bicyclic) bond motifs is 1. The molecule has 6 nitrogen and oxygen atoms in total. The lowest BCUT2D eigenvalue weighted by molar-refractivity contribution is -0.120. The van der Waals surface area contributed by atoms with Crippen LogP contribution in [-0.4, -0.2) is 51.4 Å². The molecule has 0 spiro atoms. The monoisotopic (exact) mass is 455 g/mol. The molecule has 1 saturated heterocycles. The van der Waals surface area contributed by atoms with E-state index >= 15 is 0 Å². The van der Waals surface area contributed by atoms with Crippen LogP contribution in [0.2, 0.25) is 0 Å². The van der Waals surface area contributed by atoms with E-state index in [9.17, 15) is 13.2 Å². The predicted octanol–water partition coefficient (Wildman–Crippen LogP) is 3.35. The van der Waals surface area contributed by atoms with Gasteiger partial charge in [0.05, 0.1) is 11.4 Å². The summed E-state index contributed by atoms with van der Waals surface area (Å²) in [6.45, 7) is 6.42. The topological polar surface area (TPSA) is 69.7 Å². The van der Waals surface area contributed by atoms with Gasteiger partial charge in [0.1, 0.15) is 0 Å². The van der Waals surface area contributed by atoms with Crippen LogP contribution in [0.5, 0.6) is 0 Å². The number of carbonyl (C=O) groups excluding carboxylic acids is 1. The van der Waals surface area contributed by atoms with Crippen molar-refractivity contribution in [1.82, 2.24) is 9.62 Å². The van der Waals surface area contributed by atoms with Crippen molar-refractivity contribution in [2.75, 3.05) is 31.1 Å². The maximum absolute atomic E-state index is 13.2. The average molecular weight is 456 g/mol. The van der Waals surface area contributed by atoms with Crippen LogP contribution in [0, 0.1) is 12.8 Å². The zero-order valence-electron chi connectivity index (χ0n) is 19.0. The van der Waals surface area contributed by atoms with Crippen LogP contribution in [0.4, 0.5) is 5.69 Å². The zero-order valence-corrected chi connectivity index (χ0v) is 19.8. The van der Waals surface area contributed by atoms with Crippen molar-refractivity contribution in [3.63, 3.8) is 0 Å². The van der Waals surface area contributed by atoms with Crippen LogP contribution in [-0.2, 0) is 21.2 Å². The number of benzene rings is 2. The number of para-hydroxylation sites is 1. The normalized spacial score (nSPS) is 21.9. The van der Waals surface area contributed by atoms with Gasteiger partial charge < -0.3 is 4.90 Å². The van der Waals surface area contributed by atoms with E-state index < -0.39 is 10.0 Å². The van der Waals surface area contributed by atoms with Crippen molar-refractivity contribution in [1.29, 1.82) is 0 Å². The van der Waals surface area contributed by atoms with Gasteiger partial charge in [-0.1, -0.05) is 35.9 Å². The first-order valence-electron chi connectivity index (χ1n) is 11.5. The molecule has 2 heterocycles. The molecule has 2 aromatic rings. The summed E-state index contributed by atoms with van der Waals surface area (Å²) in [7, 11) is -3.52. The van der Waals surface area contributed by atoms with Crippen molar-refractivity contribution in [3.8, 4) is 0 Å². The molecule has 0 radical (unpaired) electrons. The molecule has 32 heavy (non-hydrogen) atoms. The van der Waals surface area contributed by atoms with Crippen molar-refractivity contribution in [2.24, 2.45) is 5.92 Å². The second-order valence-electron chi connectivity index (χ2n) is 9.19. The number of rotatable bonds is 6. The number of nitrogens with zero attached hydrogens (tertiary/aromatic N) is 2. The van der Waals surface area contributed by atoms with Gasteiger partial charge in [0.15, 0.2) is 0 Å². The highest BCUT2D eigenvalue weighted by Gasteiger charge is 2.30. The van der Waals surface area contributed by atoms with Gasteiger partial charge in [0.25, 0.3) is 0 Å². The highest BCUT2D eigenvalue weighted by atomic mass is 32.2. The second kappa shape index (κ2) is 9.73. The highest BCUT2D eigenvalue weighted by Crippen LogP contribution is 2.31. The zero-order chi connectivity index (χ0) is 22.7. The van der Waals surface area contributed by atoms with E-state index in [1.165, 1.54) is 5.56 Å². The Balaban J connectivity index is 1.35. The molecule has 0 aromatic heterocycles. The summed E-state index contributed by atoms with van der Waals surface area (Å²) in [6, 6.07) is 15.3. The van der Waals surface area contributed by atoms with E-state index in [4.69, 9.17) is 0 Å². The fourth-order valence-electron chi connectivity index (χ4n) is 4.83. The van der Waals surface area contributed by atoms with Gasteiger partial charge in [-0.25, -0.2) is 13.1 Å². The molecule has 0 bridgehead atoms. The molecule has 0 aliphatic carbocycles. The van der Waals surface area contributed by atoms with Crippen LogP contribution >= 0.6 is 0 Å². The van der Waals surface area contributed by atoms with Gasteiger partial charge in [0.2, 0.25) is 15.9 Å². The van der Waals surface area contributed by atoms with Gasteiger partial charge in [0, 0.05) is 24.8 Å². The second-order valence-corrected chi connectivity index (χ2v) is 11.0. The van der Waals surface area contributed by atoms with Gasteiger partial charge in [-0.05, 0) is 75.8 Å². The number of hydrogen-bond donors (Lipinski definition) is 1. The number of hydrogen-bond acceptors (Lipinski definition) is 4. The standard InChI is InChI=1S/C25H33N3O3S/c1-19-9-13-23(14-10-19)32(30,31)26-16-21-6-5-15-27(17-21)18-25(29)28-20(2)11-12-22-7-3-4-8-24(22)28/h3-4,7-10,13-14,20-21,26H,5-6,11-12,15-18H2,1-2H3. The van der Waals surface area contributed by atoms with Crippen molar-refractivity contribution >= 4 is 21.6 Å². The van der Waals surface area contributed by atoms with Gasteiger partial charge in [-0.3, -0.25) is 9.69 Å². The molecule has 0 saturated carbocycles. The largest absolute Gasteiger partial charge is 0.308 e. The van der Waals surface area contributed by atoms with E-state index in [1.807, 2.05) is 42.2 Å². The minimum atomic E-state index is -3.52. The van der Waals surface area contributed by atoms with Crippen molar-refractivity contribution in [2.45, 2.75) is 50.5 Å². The van der Waals surface area contributed by atoms with E-state index in [-0.39, 0.29) is 17.9 Å². The van der Waals surface area contributed by atoms with E-state index in [2.05, 4.69) is 22.6 Å². The highest BCUT2D eigenvalue weighted by molar-refractivity contribution is 7.89. The third kappa shape index (κ3) is 5.22. The van der Waals surface area contributed by atoms with Crippen molar-refractivity contribution in [3.05, 3.63) is 59.7 Å². The summed E-state index contributed by atoms with van der Waals surface area (Å²) in [5.41, 5.74) is 3.30. The summed E-state index contributed by atoms with van der Waals surface area (Å²) in [5.74, 6) is 0.327. The molecule has 1 fully saturated rings. The number of likely N-dealkylation sites (tertiary alicyclic amines) is 1. The van der Waals surface area contributed by atoms with Gasteiger partial charge in [-0.15, -0.1) is 0 Å². The lowest BCUT2D eigenvalue weighted by Crippen LogP contribution is -2.49. The third-order valence-corrected chi connectivity index (χ3v) is 8.09. The molecule has 172 valence electrons. The number of carbonyl (C=O) groups is 1. The predicted molar refractivity (Wildman–Crippen MR) is 127 cm³/mol. The molecule has 2 unspecified atom stereocenters. The average Bonchev–Trinajstić information content (AvgIpc) is 2.78. The first-order chi connectivity index (χ1) is 15.3. The number of nitrogens with one attached hydrogen (secondary N) is 1. The smallest absolute Gasteiger partial charge is 0.241 e. The Morgan fingerprint density at radius 1 is 1.09 bits per heavy atom. The van der Waals surface area contributed by atoms with Crippen molar-refractivity contribution < 1.29 is 13.2 Å². The third-order valence-electron chi connectivity index (χ3n) is 6.65. The van der Waals surface area contributed by atoms with E-state index in [1.54, 1.807) is 12.1 Å². The van der Waals surface area contributed by atoms with Crippen LogP contribution in [0.25, 0.3) is 0 Å². The Kier molecular flexibility index (Phi) is 6.98. The quantitative estimate of drug-likeness (QED) is 0.725. The first-order valence-corrected chi connectivity index (χ1v) is 13.0. The molecular formula is C25H33N3O3S. The Morgan fingerprint density at radius 2 is 1.84 bits per heavy atom. The number of sulfonamides is 1. The van der Waals surface area contributed by atoms with E-state index in [0.29, 0.717) is 18.0 Å². The number of aryl methyl sites for hydroxylation is 2. The molecule has 2 aliphatic rings.